The standard InChI is InChI=1S/C20H21N5O3/c1-3-15(26)12-17(27)19-20(22-13-14-7-9-16(28-2)10-8-14)24-25(23-19)18-6-4-5-11-21-18/h4-12,27H,3,13H2,1-2H3,(H,22,24). The number of hydrogen-bond donors (Lipinski definition) is 2. The Morgan fingerprint density at radius 2 is 2.00 bits per heavy atom. The molecule has 0 saturated carbocycles. The summed E-state index contributed by atoms with van der Waals surface area (Å²) in [6.07, 6.45) is 3.07. The number of carbonyl (C=O) groups excluding carboxylic acids is 1. The summed E-state index contributed by atoms with van der Waals surface area (Å²) in [5.74, 6) is 1.16. The van der Waals surface area contributed by atoms with Crippen molar-refractivity contribution in [2.24, 2.45) is 0 Å². The third-order valence-electron chi connectivity index (χ3n) is 3.98. The molecule has 0 amide bonds. The summed E-state index contributed by atoms with van der Waals surface area (Å²) < 4.78 is 5.16. The molecule has 8 heteroatoms. The van der Waals surface area contributed by atoms with Crippen LogP contribution in [0.5, 0.6) is 5.75 Å². The van der Waals surface area contributed by atoms with E-state index in [0.717, 1.165) is 17.4 Å². The summed E-state index contributed by atoms with van der Waals surface area (Å²) in [5, 5.41) is 22.2. The Balaban J connectivity index is 1.89. The van der Waals surface area contributed by atoms with Crippen LogP contribution in [0.4, 0.5) is 5.82 Å². The third-order valence-corrected chi connectivity index (χ3v) is 3.98. The SMILES string of the molecule is CCC(=O)C=C(O)c1nn(-c2ccccn2)nc1NCc1ccc(OC)cc1. The number of nitrogens with zero attached hydrogens (tertiary/aromatic N) is 4. The Morgan fingerprint density at radius 3 is 2.64 bits per heavy atom. The number of carbonyl (C=O) groups is 1. The molecule has 28 heavy (non-hydrogen) atoms. The second-order valence-electron chi connectivity index (χ2n) is 5.93. The Hall–Kier alpha value is -3.68. The number of ketones is 1. The van der Waals surface area contributed by atoms with E-state index in [-0.39, 0.29) is 23.7 Å². The molecule has 0 aliphatic rings. The molecule has 8 nitrogen and oxygen atoms in total. The van der Waals surface area contributed by atoms with Crippen LogP contribution in [0.3, 0.4) is 0 Å². The molecule has 3 rings (SSSR count). The largest absolute Gasteiger partial charge is 0.505 e. The third kappa shape index (κ3) is 4.53. The molecular formula is C20H21N5O3. The van der Waals surface area contributed by atoms with E-state index < -0.39 is 0 Å². The van der Waals surface area contributed by atoms with Crippen molar-refractivity contribution in [1.82, 2.24) is 20.0 Å². The number of rotatable bonds is 8. The molecule has 3 aromatic rings. The minimum Gasteiger partial charge on any atom is -0.505 e. The Kier molecular flexibility index (Phi) is 6.01. The van der Waals surface area contributed by atoms with Crippen molar-refractivity contribution in [2.75, 3.05) is 12.4 Å². The first-order valence-electron chi connectivity index (χ1n) is 8.80. The van der Waals surface area contributed by atoms with Gasteiger partial charge in [0.25, 0.3) is 0 Å². The van der Waals surface area contributed by atoms with Crippen molar-refractivity contribution in [1.29, 1.82) is 0 Å². The van der Waals surface area contributed by atoms with Gasteiger partial charge in [0.05, 0.1) is 7.11 Å². The number of benzene rings is 1. The van der Waals surface area contributed by atoms with Crippen LogP contribution in [0.1, 0.15) is 24.6 Å². The maximum atomic E-state index is 11.7. The molecule has 2 N–H and O–H groups in total. The molecule has 1 aromatic carbocycles. The van der Waals surface area contributed by atoms with Gasteiger partial charge in [-0.15, -0.1) is 15.0 Å². The highest BCUT2D eigenvalue weighted by Gasteiger charge is 2.17. The monoisotopic (exact) mass is 379 g/mol. The lowest BCUT2D eigenvalue weighted by Gasteiger charge is -2.06. The van der Waals surface area contributed by atoms with E-state index in [0.29, 0.717) is 18.2 Å². The van der Waals surface area contributed by atoms with Crippen LogP contribution in [-0.2, 0) is 11.3 Å². The zero-order valence-corrected chi connectivity index (χ0v) is 15.7. The van der Waals surface area contributed by atoms with Gasteiger partial charge in [0.1, 0.15) is 5.75 Å². The number of aliphatic hydroxyl groups is 1. The molecular weight excluding hydrogens is 358 g/mol. The minimum absolute atomic E-state index is 0.181. The molecule has 0 atom stereocenters. The van der Waals surface area contributed by atoms with E-state index in [4.69, 9.17) is 4.74 Å². The van der Waals surface area contributed by atoms with Gasteiger partial charge in [0.2, 0.25) is 0 Å². The Bertz CT molecular complexity index is 965. The summed E-state index contributed by atoms with van der Waals surface area (Å²) in [6, 6.07) is 12.9. The van der Waals surface area contributed by atoms with Gasteiger partial charge in [-0.2, -0.15) is 0 Å². The fourth-order valence-corrected chi connectivity index (χ4v) is 2.42. The van der Waals surface area contributed by atoms with E-state index in [2.05, 4.69) is 20.5 Å². The molecule has 0 saturated heterocycles. The quantitative estimate of drug-likeness (QED) is 0.458. The topological polar surface area (TPSA) is 102 Å². The smallest absolute Gasteiger partial charge is 0.180 e. The van der Waals surface area contributed by atoms with Crippen molar-refractivity contribution in [3.8, 4) is 11.6 Å². The summed E-state index contributed by atoms with van der Waals surface area (Å²) in [5.41, 5.74) is 1.17. The number of nitrogens with one attached hydrogen (secondary N) is 1. The number of aromatic nitrogens is 4. The van der Waals surface area contributed by atoms with Crippen molar-refractivity contribution in [3.63, 3.8) is 0 Å². The minimum atomic E-state index is -0.244. The highest BCUT2D eigenvalue weighted by atomic mass is 16.5. The number of ether oxygens (including phenoxy) is 1. The van der Waals surface area contributed by atoms with Gasteiger partial charge in [-0.1, -0.05) is 25.1 Å². The number of allylic oxidation sites excluding steroid dienone is 1. The molecule has 0 bridgehead atoms. The highest BCUT2D eigenvalue weighted by molar-refractivity contribution is 5.95. The summed E-state index contributed by atoms with van der Waals surface area (Å²) in [4.78, 5) is 17.2. The van der Waals surface area contributed by atoms with Crippen LogP contribution in [-0.4, -0.2) is 38.0 Å². The number of pyridine rings is 1. The molecule has 0 unspecified atom stereocenters. The molecule has 0 fully saturated rings. The number of anilines is 1. The fraction of sp³-hybridized carbons (Fsp3) is 0.200. The zero-order valence-electron chi connectivity index (χ0n) is 15.7. The van der Waals surface area contributed by atoms with Crippen LogP contribution >= 0.6 is 0 Å². The Labute approximate surface area is 162 Å². The second kappa shape index (κ2) is 8.81. The van der Waals surface area contributed by atoms with Crippen LogP contribution < -0.4 is 10.1 Å². The van der Waals surface area contributed by atoms with Crippen LogP contribution in [0.25, 0.3) is 11.6 Å². The predicted octanol–water partition coefficient (Wildman–Crippen LogP) is 3.16. The maximum absolute atomic E-state index is 11.7. The lowest BCUT2D eigenvalue weighted by Crippen LogP contribution is -2.03. The van der Waals surface area contributed by atoms with Crippen LogP contribution in [0.2, 0.25) is 0 Å². The average molecular weight is 379 g/mol. The van der Waals surface area contributed by atoms with Gasteiger partial charge in [0, 0.05) is 25.2 Å². The van der Waals surface area contributed by atoms with Gasteiger partial charge in [-0.05, 0) is 29.8 Å². The van der Waals surface area contributed by atoms with Gasteiger partial charge < -0.3 is 15.2 Å². The molecule has 0 radical (unpaired) electrons. The van der Waals surface area contributed by atoms with E-state index in [9.17, 15) is 9.90 Å². The van der Waals surface area contributed by atoms with Crippen molar-refractivity contribution < 1.29 is 14.6 Å². The number of aliphatic hydroxyl groups excluding tert-OH is 1. The van der Waals surface area contributed by atoms with Crippen LogP contribution in [0, 0.1) is 0 Å². The van der Waals surface area contributed by atoms with E-state index in [1.807, 2.05) is 30.3 Å². The van der Waals surface area contributed by atoms with Gasteiger partial charge in [-0.25, -0.2) is 4.98 Å². The Morgan fingerprint density at radius 1 is 1.21 bits per heavy atom. The molecule has 0 aliphatic heterocycles. The first kappa shape index (κ1) is 19.1. The van der Waals surface area contributed by atoms with Gasteiger partial charge >= 0.3 is 0 Å². The lowest BCUT2D eigenvalue weighted by molar-refractivity contribution is -0.114. The summed E-state index contributed by atoms with van der Waals surface area (Å²) >= 11 is 0. The van der Waals surface area contributed by atoms with Crippen molar-refractivity contribution >= 4 is 17.4 Å². The zero-order chi connectivity index (χ0) is 19.9. The van der Waals surface area contributed by atoms with E-state index in [1.54, 1.807) is 32.4 Å². The number of methoxy groups -OCH3 is 1. The second-order valence-corrected chi connectivity index (χ2v) is 5.93. The first-order chi connectivity index (χ1) is 13.6. The molecule has 2 heterocycles. The van der Waals surface area contributed by atoms with Gasteiger partial charge in [0.15, 0.2) is 28.9 Å². The first-order valence-corrected chi connectivity index (χ1v) is 8.80. The molecule has 144 valence electrons. The molecule has 0 aliphatic carbocycles. The van der Waals surface area contributed by atoms with Crippen molar-refractivity contribution in [3.05, 3.63) is 66.0 Å². The highest BCUT2D eigenvalue weighted by Crippen LogP contribution is 2.21. The van der Waals surface area contributed by atoms with Crippen molar-refractivity contribution in [2.45, 2.75) is 19.9 Å². The summed E-state index contributed by atoms with van der Waals surface area (Å²) in [6.45, 7) is 2.17. The lowest BCUT2D eigenvalue weighted by atomic mass is 10.2. The van der Waals surface area contributed by atoms with Gasteiger partial charge in [-0.3, -0.25) is 4.79 Å². The fourth-order valence-electron chi connectivity index (χ4n) is 2.42. The molecule has 2 aromatic heterocycles. The normalized spacial score (nSPS) is 11.3. The van der Waals surface area contributed by atoms with E-state index >= 15 is 0 Å². The average Bonchev–Trinajstić information content (AvgIpc) is 3.17. The predicted molar refractivity (Wildman–Crippen MR) is 105 cm³/mol. The van der Waals surface area contributed by atoms with Crippen LogP contribution in [0.15, 0.2) is 54.7 Å². The van der Waals surface area contributed by atoms with E-state index in [1.165, 1.54) is 4.80 Å². The molecule has 0 spiro atoms. The number of hydrogen-bond acceptors (Lipinski definition) is 7. The summed E-state index contributed by atoms with van der Waals surface area (Å²) in [7, 11) is 1.61. The maximum Gasteiger partial charge on any atom is 0.180 e.